The number of aromatic nitrogens is 2. The van der Waals surface area contributed by atoms with Gasteiger partial charge in [-0.2, -0.15) is 0 Å². The molecule has 0 aliphatic carbocycles. The summed E-state index contributed by atoms with van der Waals surface area (Å²) in [6, 6.07) is 8.50. The van der Waals surface area contributed by atoms with Crippen LogP contribution in [0.15, 0.2) is 24.3 Å². The van der Waals surface area contributed by atoms with E-state index in [1.807, 2.05) is 6.92 Å². The van der Waals surface area contributed by atoms with E-state index in [0.717, 1.165) is 50.7 Å². The maximum absolute atomic E-state index is 11.5. The maximum atomic E-state index is 11.5. The molecular formula is C23H37N3O. The Kier molecular flexibility index (Phi) is 9.96. The van der Waals surface area contributed by atoms with E-state index in [9.17, 15) is 4.79 Å². The number of para-hydroxylation sites is 2. The summed E-state index contributed by atoms with van der Waals surface area (Å²) in [6.45, 7) is 6.17. The smallest absolute Gasteiger partial charge is 0.219 e. The molecule has 0 bridgehead atoms. The highest BCUT2D eigenvalue weighted by atomic mass is 16.1. The number of aryl methyl sites for hydroxylation is 2. The molecule has 0 saturated carbocycles. The zero-order chi connectivity index (χ0) is 19.3. The van der Waals surface area contributed by atoms with Gasteiger partial charge in [-0.25, -0.2) is 4.98 Å². The number of unbranched alkanes of at least 4 members (excludes halogenated alkanes) is 6. The van der Waals surface area contributed by atoms with Crippen LogP contribution in [0.4, 0.5) is 0 Å². The summed E-state index contributed by atoms with van der Waals surface area (Å²) in [7, 11) is 0. The van der Waals surface area contributed by atoms with Crippen LogP contribution in [0.5, 0.6) is 0 Å². The second-order valence-electron chi connectivity index (χ2n) is 7.49. The van der Waals surface area contributed by atoms with Crippen LogP contribution in [0.25, 0.3) is 11.0 Å². The monoisotopic (exact) mass is 371 g/mol. The van der Waals surface area contributed by atoms with Crippen molar-refractivity contribution in [2.24, 2.45) is 0 Å². The van der Waals surface area contributed by atoms with Crippen molar-refractivity contribution in [1.29, 1.82) is 0 Å². The second-order valence-corrected chi connectivity index (χ2v) is 7.49. The number of nitrogens with one attached hydrogen (secondary N) is 1. The zero-order valence-corrected chi connectivity index (χ0v) is 17.3. The molecule has 1 amide bonds. The first-order valence-electron chi connectivity index (χ1n) is 11.0. The van der Waals surface area contributed by atoms with Gasteiger partial charge < -0.3 is 9.88 Å². The molecule has 2 rings (SSSR count). The molecule has 0 spiro atoms. The van der Waals surface area contributed by atoms with Gasteiger partial charge in [0.1, 0.15) is 5.82 Å². The fraction of sp³-hybridized carbons (Fsp3) is 0.652. The minimum absolute atomic E-state index is 0.183. The third kappa shape index (κ3) is 7.36. The molecule has 27 heavy (non-hydrogen) atoms. The van der Waals surface area contributed by atoms with Gasteiger partial charge in [-0.15, -0.1) is 0 Å². The summed E-state index contributed by atoms with van der Waals surface area (Å²) in [4.78, 5) is 16.4. The largest absolute Gasteiger partial charge is 0.356 e. The van der Waals surface area contributed by atoms with Crippen LogP contribution < -0.4 is 5.32 Å². The number of amides is 1. The summed E-state index contributed by atoms with van der Waals surface area (Å²) < 4.78 is 2.43. The van der Waals surface area contributed by atoms with E-state index in [0.29, 0.717) is 6.42 Å². The van der Waals surface area contributed by atoms with Gasteiger partial charge in [0.05, 0.1) is 11.0 Å². The molecule has 4 heteroatoms. The van der Waals surface area contributed by atoms with Crippen molar-refractivity contribution < 1.29 is 4.79 Å². The molecule has 0 atom stereocenters. The van der Waals surface area contributed by atoms with Gasteiger partial charge in [0.25, 0.3) is 0 Å². The van der Waals surface area contributed by atoms with Crippen LogP contribution >= 0.6 is 0 Å². The molecule has 150 valence electrons. The second kappa shape index (κ2) is 12.5. The first-order chi connectivity index (χ1) is 13.3. The molecule has 1 heterocycles. The van der Waals surface area contributed by atoms with Crippen LogP contribution in [0.3, 0.4) is 0 Å². The zero-order valence-electron chi connectivity index (χ0n) is 17.3. The van der Waals surface area contributed by atoms with E-state index in [4.69, 9.17) is 4.98 Å². The number of rotatable bonds is 14. The first-order valence-corrected chi connectivity index (χ1v) is 11.0. The standard InChI is InChI=1S/C23H37N3O/c1-3-5-6-7-13-19-26-21-16-11-10-15-20(21)25-22(26)17-9-8-12-18-24-23(27)14-4-2/h10-11,15-16H,3-9,12-14,17-19H2,1-2H3,(H,24,27). The lowest BCUT2D eigenvalue weighted by atomic mass is 10.1. The van der Waals surface area contributed by atoms with Crippen LogP contribution in [0.2, 0.25) is 0 Å². The SMILES string of the molecule is CCCCCCCn1c(CCCCCNC(=O)CCC)nc2ccccc21. The predicted molar refractivity (Wildman–Crippen MR) is 114 cm³/mol. The molecule has 4 nitrogen and oxygen atoms in total. The summed E-state index contributed by atoms with van der Waals surface area (Å²) in [6.07, 6.45) is 12.4. The minimum atomic E-state index is 0.183. The van der Waals surface area contributed by atoms with Crippen molar-refractivity contribution in [2.45, 2.75) is 91.0 Å². The van der Waals surface area contributed by atoms with Gasteiger partial charge in [-0.1, -0.05) is 58.1 Å². The van der Waals surface area contributed by atoms with Crippen molar-refractivity contribution >= 4 is 16.9 Å². The van der Waals surface area contributed by atoms with Gasteiger partial charge in [0, 0.05) is 25.9 Å². The Bertz CT molecular complexity index is 677. The Morgan fingerprint density at radius 2 is 1.74 bits per heavy atom. The van der Waals surface area contributed by atoms with E-state index >= 15 is 0 Å². The van der Waals surface area contributed by atoms with Crippen molar-refractivity contribution in [1.82, 2.24) is 14.9 Å². The Hall–Kier alpha value is -1.84. The summed E-state index contributed by atoms with van der Waals surface area (Å²) in [5.74, 6) is 1.41. The van der Waals surface area contributed by atoms with Gasteiger partial charge in [-0.3, -0.25) is 4.79 Å². The minimum Gasteiger partial charge on any atom is -0.356 e. The molecule has 0 unspecified atom stereocenters. The molecule has 0 aliphatic heterocycles. The third-order valence-electron chi connectivity index (χ3n) is 5.10. The van der Waals surface area contributed by atoms with Crippen molar-refractivity contribution in [3.8, 4) is 0 Å². The lowest BCUT2D eigenvalue weighted by Crippen LogP contribution is -2.23. The van der Waals surface area contributed by atoms with E-state index < -0.39 is 0 Å². The highest BCUT2D eigenvalue weighted by Gasteiger charge is 2.10. The van der Waals surface area contributed by atoms with Gasteiger partial charge in [-0.05, 0) is 37.8 Å². The molecule has 0 fully saturated rings. The molecule has 0 radical (unpaired) electrons. The Labute approximate surface area is 164 Å². The van der Waals surface area contributed by atoms with E-state index in [1.54, 1.807) is 0 Å². The fourth-order valence-corrected chi connectivity index (χ4v) is 3.57. The number of nitrogens with zero attached hydrogens (tertiary/aromatic N) is 2. The molecule has 0 saturated heterocycles. The van der Waals surface area contributed by atoms with E-state index in [-0.39, 0.29) is 5.91 Å². The average molecular weight is 372 g/mol. The normalized spacial score (nSPS) is 11.2. The number of fused-ring (bicyclic) bond motifs is 1. The molecule has 1 N–H and O–H groups in total. The number of carbonyl (C=O) groups excluding carboxylic acids is 1. The number of hydrogen-bond donors (Lipinski definition) is 1. The third-order valence-corrected chi connectivity index (χ3v) is 5.10. The Morgan fingerprint density at radius 1 is 0.963 bits per heavy atom. The maximum Gasteiger partial charge on any atom is 0.219 e. The summed E-state index contributed by atoms with van der Waals surface area (Å²) in [5.41, 5.74) is 2.39. The van der Waals surface area contributed by atoms with Crippen LogP contribution in [-0.4, -0.2) is 22.0 Å². The highest BCUT2D eigenvalue weighted by molar-refractivity contribution is 5.76. The molecule has 0 aliphatic rings. The lowest BCUT2D eigenvalue weighted by Gasteiger charge is -2.09. The first kappa shape index (κ1) is 21.5. The number of carbonyl (C=O) groups is 1. The molecule has 1 aromatic heterocycles. The van der Waals surface area contributed by atoms with Gasteiger partial charge in [0.15, 0.2) is 0 Å². The molecular weight excluding hydrogens is 334 g/mol. The Balaban J connectivity index is 1.81. The van der Waals surface area contributed by atoms with Crippen LogP contribution in [0, 0.1) is 0 Å². The topological polar surface area (TPSA) is 46.9 Å². The highest BCUT2D eigenvalue weighted by Crippen LogP contribution is 2.19. The molecule has 2 aromatic rings. The average Bonchev–Trinajstić information content (AvgIpc) is 3.02. The summed E-state index contributed by atoms with van der Waals surface area (Å²) in [5, 5.41) is 3.00. The quantitative estimate of drug-likeness (QED) is 0.437. The van der Waals surface area contributed by atoms with Gasteiger partial charge >= 0.3 is 0 Å². The summed E-state index contributed by atoms with van der Waals surface area (Å²) >= 11 is 0. The fourth-order valence-electron chi connectivity index (χ4n) is 3.57. The van der Waals surface area contributed by atoms with Crippen LogP contribution in [0.1, 0.15) is 83.9 Å². The number of imidazole rings is 1. The predicted octanol–water partition coefficient (Wildman–Crippen LogP) is 5.64. The van der Waals surface area contributed by atoms with Crippen LogP contribution in [-0.2, 0) is 17.8 Å². The van der Waals surface area contributed by atoms with Crippen molar-refractivity contribution in [3.05, 3.63) is 30.1 Å². The van der Waals surface area contributed by atoms with Crippen molar-refractivity contribution in [2.75, 3.05) is 6.54 Å². The number of benzene rings is 1. The Morgan fingerprint density at radius 3 is 2.56 bits per heavy atom. The van der Waals surface area contributed by atoms with E-state index in [2.05, 4.69) is 41.1 Å². The van der Waals surface area contributed by atoms with E-state index in [1.165, 1.54) is 43.4 Å². The number of hydrogen-bond acceptors (Lipinski definition) is 2. The van der Waals surface area contributed by atoms with Crippen molar-refractivity contribution in [3.63, 3.8) is 0 Å². The molecule has 1 aromatic carbocycles. The lowest BCUT2D eigenvalue weighted by molar-refractivity contribution is -0.121. The van der Waals surface area contributed by atoms with Gasteiger partial charge in [0.2, 0.25) is 5.91 Å².